The van der Waals surface area contributed by atoms with Crippen molar-refractivity contribution in [3.05, 3.63) is 44.9 Å². The molecule has 3 amide bonds. The Hall–Kier alpha value is -6.27. The molecule has 61 heavy (non-hydrogen) atoms. The van der Waals surface area contributed by atoms with E-state index >= 15 is 0 Å². The number of rotatable bonds is 22. The number of carbonyl (C=O) groups excluding carboxylic acids is 3. The van der Waals surface area contributed by atoms with Gasteiger partial charge in [0, 0.05) is 64.7 Å². The lowest BCUT2D eigenvalue weighted by Gasteiger charge is -2.50. The predicted molar refractivity (Wildman–Crippen MR) is 211 cm³/mol. The fraction of sp³-hybridized carbons (Fsp3) is 0.595. The maximum atomic E-state index is 14.4. The number of carbonyl (C=O) groups is 6. The van der Waals surface area contributed by atoms with Gasteiger partial charge in [0.1, 0.15) is 18.1 Å². The zero-order chi connectivity index (χ0) is 45.9. The summed E-state index contributed by atoms with van der Waals surface area (Å²) in [6.45, 7) is 3.64. The average molecular weight is 866 g/mol. The van der Waals surface area contributed by atoms with E-state index in [1.807, 2.05) is 0 Å². The summed E-state index contributed by atoms with van der Waals surface area (Å²) in [6.07, 6.45) is -5.54. The molecule has 0 bridgehead atoms. The van der Waals surface area contributed by atoms with Crippen LogP contribution in [0.2, 0.25) is 0 Å². The quantitative estimate of drug-likeness (QED) is 0.0671. The third kappa shape index (κ3) is 9.55. The second kappa shape index (κ2) is 21.3. The zero-order valence-electron chi connectivity index (χ0n) is 34.4. The van der Waals surface area contributed by atoms with Gasteiger partial charge in [-0.05, 0) is 38.5 Å². The Morgan fingerprint density at radius 1 is 0.623 bits per heavy atom. The van der Waals surface area contributed by atoms with Crippen LogP contribution in [0, 0.1) is 27.9 Å². The van der Waals surface area contributed by atoms with E-state index < -0.39 is 136 Å². The Balaban J connectivity index is 2.56. The number of ketones is 3. The highest BCUT2D eigenvalue weighted by Crippen LogP contribution is 2.44. The highest BCUT2D eigenvalue weighted by Gasteiger charge is 2.69. The number of ether oxygens (including phenoxy) is 3. The van der Waals surface area contributed by atoms with Gasteiger partial charge in [-0.2, -0.15) is 0 Å². The van der Waals surface area contributed by atoms with Crippen molar-refractivity contribution in [1.82, 2.24) is 14.7 Å². The Bertz CT molecular complexity index is 1720. The van der Waals surface area contributed by atoms with Crippen molar-refractivity contribution in [3.8, 4) is 0 Å². The number of hydrogen-bond donors (Lipinski definition) is 6. The van der Waals surface area contributed by atoms with E-state index in [0.29, 0.717) is 0 Å². The third-order valence-corrected chi connectivity index (χ3v) is 10.7. The number of carboxylic acid groups (broad SMARTS) is 3. The molecule has 0 aromatic heterocycles. The number of aliphatic hydroxyl groups is 3. The summed E-state index contributed by atoms with van der Waals surface area (Å²) in [5.41, 5.74) is -3.39. The Morgan fingerprint density at radius 3 is 1.05 bits per heavy atom. The fourth-order valence-corrected chi connectivity index (χ4v) is 7.90. The summed E-state index contributed by atoms with van der Waals surface area (Å²) in [5.74, 6) is -13.5. The molecule has 0 saturated heterocycles. The molecule has 0 saturated carbocycles. The molecule has 0 aromatic rings. The van der Waals surface area contributed by atoms with Gasteiger partial charge in [0.15, 0.2) is 17.5 Å². The molecule has 24 nitrogen and oxygen atoms in total. The van der Waals surface area contributed by atoms with Crippen LogP contribution in [0.3, 0.4) is 0 Å². The fourth-order valence-electron chi connectivity index (χ4n) is 7.90. The summed E-state index contributed by atoms with van der Waals surface area (Å²) in [4.78, 5) is 106. The first-order valence-electron chi connectivity index (χ1n) is 19.1. The average Bonchev–Trinajstić information content (AvgIpc) is 3.21. The standard InChI is InChI=1S/C37H51N7O17/c1-7-22(41(34(51)52)31-28(48)25(45)19(16-38-31)10-13-59-4)37(44(57)58,23(8-2)42(35(53)54)32-29(49)26(46)20(17-39-32)11-14-60-5)24(9-3)43(36(55)56)33-30(50)27(47)21(18-40-33)12-15-61-6/h16-24,48-50H,7-15H2,1-6H3,(H,51,52)(H,53,54)(H,55,56). The normalized spacial score (nSPS) is 21.6. The van der Waals surface area contributed by atoms with Crippen molar-refractivity contribution in [3.63, 3.8) is 0 Å². The summed E-state index contributed by atoms with van der Waals surface area (Å²) < 4.78 is 15.0. The molecule has 336 valence electrons. The Morgan fingerprint density at radius 2 is 0.869 bits per heavy atom. The van der Waals surface area contributed by atoms with Crippen LogP contribution in [0.1, 0.15) is 59.3 Å². The molecular formula is C37H51N7O17. The SMILES string of the molecule is CCC(N(C(=O)O)C1=C(O)C(=O)C(CCOC)C=N1)C(C(CC)N(C(=O)O)C1=C(O)C(=O)C(CCOC)C=N1)(C(CC)N(C(=O)O)C1=C(O)C(=O)C(CCOC)C=N1)[N+](=O)[O-]. The minimum absolute atomic E-state index is 0.00370. The molecule has 3 heterocycles. The minimum Gasteiger partial charge on any atom is -0.502 e. The van der Waals surface area contributed by atoms with Crippen LogP contribution < -0.4 is 0 Å². The van der Waals surface area contributed by atoms with E-state index in [4.69, 9.17) is 14.2 Å². The summed E-state index contributed by atoms with van der Waals surface area (Å²) >= 11 is 0. The Labute approximate surface area is 348 Å². The van der Waals surface area contributed by atoms with E-state index in [9.17, 15) is 69.5 Å². The van der Waals surface area contributed by atoms with Crippen LogP contribution in [0.4, 0.5) is 14.4 Å². The molecule has 24 heteroatoms. The summed E-state index contributed by atoms with van der Waals surface area (Å²) in [6, 6.07) is -7.01. The van der Waals surface area contributed by atoms with Crippen LogP contribution in [-0.2, 0) is 28.6 Å². The van der Waals surface area contributed by atoms with Crippen LogP contribution in [0.5, 0.6) is 0 Å². The van der Waals surface area contributed by atoms with Crippen LogP contribution >= 0.6 is 0 Å². The molecule has 0 aromatic carbocycles. The lowest BCUT2D eigenvalue weighted by molar-refractivity contribution is -0.594. The summed E-state index contributed by atoms with van der Waals surface area (Å²) in [5, 5.41) is 80.7. The first-order valence-corrected chi connectivity index (χ1v) is 19.1. The molecule has 3 aliphatic heterocycles. The molecule has 0 radical (unpaired) electrons. The predicted octanol–water partition coefficient (Wildman–Crippen LogP) is 3.38. The number of nitro groups is 1. The molecule has 3 rings (SSSR count). The molecule has 6 unspecified atom stereocenters. The van der Waals surface area contributed by atoms with E-state index in [0.717, 1.165) is 18.6 Å². The van der Waals surface area contributed by atoms with Gasteiger partial charge in [0.2, 0.25) is 34.6 Å². The van der Waals surface area contributed by atoms with Gasteiger partial charge >= 0.3 is 18.3 Å². The van der Waals surface area contributed by atoms with Crippen LogP contribution in [0.25, 0.3) is 0 Å². The lowest BCUT2D eigenvalue weighted by atomic mass is 9.71. The highest BCUT2D eigenvalue weighted by molar-refractivity contribution is 6.08. The molecule has 0 fully saturated rings. The molecular weight excluding hydrogens is 814 g/mol. The van der Waals surface area contributed by atoms with Crippen molar-refractivity contribution in [1.29, 1.82) is 0 Å². The van der Waals surface area contributed by atoms with E-state index in [-0.39, 0.29) is 53.8 Å². The molecule has 0 spiro atoms. The van der Waals surface area contributed by atoms with Gasteiger partial charge in [0.25, 0.3) is 5.54 Å². The number of aliphatic hydroxyl groups excluding tert-OH is 3. The first-order chi connectivity index (χ1) is 28.9. The number of allylic oxidation sites excluding steroid dienone is 3. The number of amides is 3. The smallest absolute Gasteiger partial charge is 0.413 e. The lowest BCUT2D eigenvalue weighted by Crippen LogP contribution is -2.76. The van der Waals surface area contributed by atoms with Gasteiger partial charge in [-0.15, -0.1) is 0 Å². The topological polar surface area (TPSA) is 341 Å². The maximum absolute atomic E-state index is 14.4. The molecule has 3 aliphatic rings. The number of methoxy groups -OCH3 is 3. The largest absolute Gasteiger partial charge is 0.502 e. The van der Waals surface area contributed by atoms with Crippen LogP contribution in [0.15, 0.2) is 49.7 Å². The van der Waals surface area contributed by atoms with Crippen molar-refractivity contribution in [2.75, 3.05) is 41.2 Å². The maximum Gasteiger partial charge on any atom is 0.413 e. The van der Waals surface area contributed by atoms with Crippen molar-refractivity contribution < 1.29 is 78.5 Å². The third-order valence-electron chi connectivity index (χ3n) is 10.7. The number of nitrogens with zero attached hydrogens (tertiary/aromatic N) is 7. The van der Waals surface area contributed by atoms with E-state index in [1.165, 1.54) is 42.1 Å². The molecule has 0 aliphatic carbocycles. The number of hydrogen-bond acceptors (Lipinski definition) is 17. The van der Waals surface area contributed by atoms with Crippen molar-refractivity contribution >= 4 is 54.3 Å². The van der Waals surface area contributed by atoms with Gasteiger partial charge in [-0.1, -0.05) is 20.8 Å². The second-order valence-corrected chi connectivity index (χ2v) is 14.0. The van der Waals surface area contributed by atoms with E-state index in [2.05, 4.69) is 15.0 Å². The summed E-state index contributed by atoms with van der Waals surface area (Å²) in [7, 11) is 4.01. The number of Topliss-reactive ketones (excluding diaryl/α,β-unsaturated/α-hetero) is 3. The monoisotopic (exact) mass is 865 g/mol. The minimum atomic E-state index is -3.39. The van der Waals surface area contributed by atoms with Gasteiger partial charge in [0.05, 0.1) is 17.8 Å². The van der Waals surface area contributed by atoms with Crippen LogP contribution in [-0.4, -0.2) is 169 Å². The molecule has 6 atom stereocenters. The first kappa shape index (κ1) is 49.1. The van der Waals surface area contributed by atoms with Gasteiger partial charge in [-0.3, -0.25) is 24.5 Å². The number of aliphatic imine (C=N–C) groups is 3. The molecule has 6 N–H and O–H groups in total. The zero-order valence-corrected chi connectivity index (χ0v) is 34.4. The van der Waals surface area contributed by atoms with E-state index in [1.54, 1.807) is 0 Å². The van der Waals surface area contributed by atoms with Crippen molar-refractivity contribution in [2.45, 2.75) is 83.0 Å². The van der Waals surface area contributed by atoms with Gasteiger partial charge < -0.3 is 44.8 Å². The Kier molecular flexibility index (Phi) is 17.2. The van der Waals surface area contributed by atoms with Gasteiger partial charge in [-0.25, -0.2) is 44.1 Å². The highest BCUT2D eigenvalue weighted by atomic mass is 16.6. The second-order valence-electron chi connectivity index (χ2n) is 14.0. The van der Waals surface area contributed by atoms with Crippen molar-refractivity contribution in [2.24, 2.45) is 32.7 Å².